The number of piperazine rings is 1. The summed E-state index contributed by atoms with van der Waals surface area (Å²) in [5.74, 6) is 0.269. The normalized spacial score (nSPS) is 27.8. The lowest BCUT2D eigenvalue weighted by Gasteiger charge is -2.44. The second kappa shape index (κ2) is 14.2. The number of fused-ring (bicyclic) bond motifs is 2. The van der Waals surface area contributed by atoms with Gasteiger partial charge in [0.25, 0.3) is 0 Å². The summed E-state index contributed by atoms with van der Waals surface area (Å²) in [5, 5.41) is 0.396. The number of alkyl halides is 4. The van der Waals surface area contributed by atoms with Crippen LogP contribution in [0.2, 0.25) is 0 Å². The molecule has 0 spiro atoms. The number of carbonyl (C=O) groups excluding carboxylic acids is 1. The lowest BCUT2D eigenvalue weighted by atomic mass is 9.99. The quantitative estimate of drug-likeness (QED) is 0.0706. The third-order valence-corrected chi connectivity index (χ3v) is 12.8. The van der Waals surface area contributed by atoms with Gasteiger partial charge >= 0.3 is 0 Å². The van der Waals surface area contributed by atoms with Gasteiger partial charge in [-0.3, -0.25) is 4.79 Å². The SMILES string of the molecule is CCCCCCCCCCCCCCCC(=O)N1CC[N+](C)(CC2=C[C@@]3(Cl)C(Cl)=C(Cl)[C@]2(Cl)C3(Cl)Cl)CC1. The Morgan fingerprint density at radius 1 is 0.816 bits per heavy atom. The van der Waals surface area contributed by atoms with Gasteiger partial charge in [-0.2, -0.15) is 0 Å². The highest BCUT2D eigenvalue weighted by Gasteiger charge is 2.75. The molecule has 0 aromatic heterocycles. The van der Waals surface area contributed by atoms with Crippen molar-refractivity contribution < 1.29 is 9.28 Å². The fourth-order valence-electron chi connectivity index (χ4n) is 6.05. The smallest absolute Gasteiger partial charge is 0.222 e. The summed E-state index contributed by atoms with van der Waals surface area (Å²) >= 11 is 39.8. The average Bonchev–Trinajstić information content (AvgIpc) is 3.09. The van der Waals surface area contributed by atoms with E-state index in [0.717, 1.165) is 44.6 Å². The molecule has 1 amide bonds. The van der Waals surface area contributed by atoms with Crippen molar-refractivity contribution in [1.29, 1.82) is 0 Å². The van der Waals surface area contributed by atoms with Crippen molar-refractivity contribution in [3.8, 4) is 0 Å². The van der Waals surface area contributed by atoms with E-state index in [4.69, 9.17) is 69.6 Å². The van der Waals surface area contributed by atoms with E-state index in [-0.39, 0.29) is 16.0 Å². The first kappa shape index (κ1) is 33.2. The summed E-state index contributed by atoms with van der Waals surface area (Å²) in [4.78, 5) is 12.2. The molecule has 218 valence electrons. The molecule has 1 fully saturated rings. The molecule has 9 heteroatoms. The van der Waals surface area contributed by atoms with Crippen molar-refractivity contribution in [2.75, 3.05) is 39.8 Å². The molecule has 1 heterocycles. The number of halogens is 6. The van der Waals surface area contributed by atoms with E-state index < -0.39 is 14.1 Å². The van der Waals surface area contributed by atoms with Crippen molar-refractivity contribution in [1.82, 2.24) is 4.90 Å². The molecule has 2 aliphatic carbocycles. The molecule has 0 aromatic rings. The molecular formula is C29H45Cl6N2O+. The Balaban J connectivity index is 1.30. The van der Waals surface area contributed by atoms with Gasteiger partial charge in [0.1, 0.15) is 16.3 Å². The topological polar surface area (TPSA) is 20.3 Å². The number of carbonyl (C=O) groups is 1. The van der Waals surface area contributed by atoms with Crippen molar-refractivity contribution in [2.45, 2.75) is 111 Å². The summed E-state index contributed by atoms with van der Waals surface area (Å²) in [6.07, 6.45) is 19.5. The van der Waals surface area contributed by atoms with E-state index in [1.165, 1.54) is 70.6 Å². The van der Waals surface area contributed by atoms with Gasteiger partial charge < -0.3 is 9.38 Å². The second-order valence-electron chi connectivity index (χ2n) is 11.8. The minimum atomic E-state index is -1.56. The molecule has 1 aliphatic heterocycles. The number of allylic oxidation sites excluding steroid dienone is 3. The number of likely N-dealkylation sites (N-methyl/N-ethyl adjacent to an activating group) is 1. The van der Waals surface area contributed by atoms with E-state index in [2.05, 4.69) is 14.0 Å². The monoisotopic (exact) mass is 647 g/mol. The lowest BCUT2D eigenvalue weighted by Crippen LogP contribution is -2.60. The maximum atomic E-state index is 12.8. The van der Waals surface area contributed by atoms with E-state index >= 15 is 0 Å². The summed E-state index contributed by atoms with van der Waals surface area (Å²) < 4.78 is -0.848. The first-order valence-electron chi connectivity index (χ1n) is 14.6. The Labute approximate surface area is 260 Å². The van der Waals surface area contributed by atoms with Crippen LogP contribution in [0.15, 0.2) is 21.7 Å². The van der Waals surface area contributed by atoms with Crippen molar-refractivity contribution in [3.05, 3.63) is 21.7 Å². The Bertz CT molecular complexity index is 882. The van der Waals surface area contributed by atoms with Gasteiger partial charge in [0, 0.05) is 12.0 Å². The van der Waals surface area contributed by atoms with Gasteiger partial charge in [-0.15, -0.1) is 23.2 Å². The van der Waals surface area contributed by atoms with Crippen LogP contribution in [-0.2, 0) is 4.79 Å². The minimum Gasteiger partial charge on any atom is -0.331 e. The van der Waals surface area contributed by atoms with Crippen LogP contribution in [0.25, 0.3) is 0 Å². The predicted molar refractivity (Wildman–Crippen MR) is 166 cm³/mol. The third-order valence-electron chi connectivity index (χ3n) is 8.74. The van der Waals surface area contributed by atoms with Gasteiger partial charge in [-0.25, -0.2) is 0 Å². The largest absolute Gasteiger partial charge is 0.331 e. The predicted octanol–water partition coefficient (Wildman–Crippen LogP) is 9.53. The molecule has 3 aliphatic rings. The molecule has 38 heavy (non-hydrogen) atoms. The number of amides is 1. The molecule has 1 saturated heterocycles. The number of quaternary nitrogens is 1. The minimum absolute atomic E-state index is 0.191. The summed E-state index contributed by atoms with van der Waals surface area (Å²) in [7, 11) is 2.16. The number of rotatable bonds is 16. The van der Waals surface area contributed by atoms with Crippen LogP contribution in [0.3, 0.4) is 0 Å². The van der Waals surface area contributed by atoms with Gasteiger partial charge in [0.2, 0.25) is 5.91 Å². The fourth-order valence-corrected chi connectivity index (χ4v) is 8.59. The number of nitrogens with zero attached hydrogens (tertiary/aromatic N) is 2. The van der Waals surface area contributed by atoms with Gasteiger partial charge in [0.15, 0.2) is 4.33 Å². The van der Waals surface area contributed by atoms with Crippen molar-refractivity contribution >= 4 is 75.5 Å². The number of hydrogen-bond donors (Lipinski definition) is 0. The second-order valence-corrected chi connectivity index (χ2v) is 15.1. The molecule has 0 unspecified atom stereocenters. The fraction of sp³-hybridized carbons (Fsp3) is 0.828. The third kappa shape index (κ3) is 6.99. The highest BCUT2D eigenvalue weighted by molar-refractivity contribution is 6.66. The summed E-state index contributed by atoms with van der Waals surface area (Å²) in [6, 6.07) is 0. The van der Waals surface area contributed by atoms with Crippen LogP contribution in [-0.4, -0.2) is 69.1 Å². The van der Waals surface area contributed by atoms with Crippen molar-refractivity contribution in [2.24, 2.45) is 0 Å². The zero-order chi connectivity index (χ0) is 28.0. The van der Waals surface area contributed by atoms with Crippen LogP contribution in [0.5, 0.6) is 0 Å². The Morgan fingerprint density at radius 3 is 1.74 bits per heavy atom. The molecule has 3 nitrogen and oxygen atoms in total. The van der Waals surface area contributed by atoms with Crippen LogP contribution in [0.4, 0.5) is 0 Å². The van der Waals surface area contributed by atoms with E-state index in [1.54, 1.807) is 6.08 Å². The Hall–Kier alpha value is 0.650. The summed E-state index contributed by atoms with van der Waals surface area (Å²) in [5.41, 5.74) is 0.794. The molecule has 2 atom stereocenters. The van der Waals surface area contributed by atoms with Crippen LogP contribution < -0.4 is 0 Å². The number of hydrogen-bond acceptors (Lipinski definition) is 1. The van der Waals surface area contributed by atoms with Crippen LogP contribution in [0, 0.1) is 0 Å². The van der Waals surface area contributed by atoms with Crippen molar-refractivity contribution in [3.63, 3.8) is 0 Å². The maximum Gasteiger partial charge on any atom is 0.222 e. The van der Waals surface area contributed by atoms with Crippen LogP contribution in [0.1, 0.15) is 96.8 Å². The van der Waals surface area contributed by atoms with Crippen LogP contribution >= 0.6 is 69.6 Å². The molecule has 0 aromatic carbocycles. The maximum absolute atomic E-state index is 12.8. The van der Waals surface area contributed by atoms with E-state index in [1.807, 2.05) is 4.90 Å². The first-order valence-corrected chi connectivity index (χ1v) is 16.8. The average molecular weight is 650 g/mol. The van der Waals surface area contributed by atoms with Gasteiger partial charge in [-0.05, 0) is 12.5 Å². The zero-order valence-electron chi connectivity index (χ0n) is 23.1. The van der Waals surface area contributed by atoms with Gasteiger partial charge in [0.05, 0.1) is 43.3 Å². The number of unbranched alkanes of at least 4 members (excludes halogenated alkanes) is 12. The molecule has 0 saturated carbocycles. The molecule has 0 radical (unpaired) electrons. The first-order chi connectivity index (χ1) is 17.9. The zero-order valence-corrected chi connectivity index (χ0v) is 27.6. The lowest BCUT2D eigenvalue weighted by molar-refractivity contribution is -0.908. The van der Waals surface area contributed by atoms with E-state index in [9.17, 15) is 4.79 Å². The molecule has 3 rings (SSSR count). The highest BCUT2D eigenvalue weighted by Crippen LogP contribution is 2.71. The molecular weight excluding hydrogens is 605 g/mol. The highest BCUT2D eigenvalue weighted by atomic mass is 35.5. The molecule has 0 N–H and O–H groups in total. The van der Waals surface area contributed by atoms with Gasteiger partial charge in [-0.1, -0.05) is 130 Å². The summed E-state index contributed by atoms with van der Waals surface area (Å²) in [6.45, 7) is 5.94. The Morgan fingerprint density at radius 2 is 1.29 bits per heavy atom. The van der Waals surface area contributed by atoms with E-state index in [0.29, 0.717) is 17.4 Å². The standard InChI is InChI=1S/C29H45Cl6N2O/c1-3-4-5-6-7-8-9-10-11-12-13-14-15-16-24(38)36-17-19-37(2,20-18-36)22-23-21-27(32)25(30)26(31)28(23,33)29(27,34)35/h21H,3-20,22H2,1-2H3/q+1/t27-,28+/m1/s1. The molecule has 2 bridgehead atoms. The Kier molecular flexibility index (Phi) is 12.4.